The Labute approximate surface area is 85.3 Å². The number of nitrogens with one attached hydrogen (secondary N) is 3. The van der Waals surface area contributed by atoms with E-state index in [2.05, 4.69) is 28.6 Å². The Hall–Kier alpha value is -0.800. The van der Waals surface area contributed by atoms with Gasteiger partial charge < -0.3 is 15.6 Å². The maximum Gasteiger partial charge on any atom is 0.0446 e. The number of aromatic nitrogens is 1. The van der Waals surface area contributed by atoms with Gasteiger partial charge in [0.05, 0.1) is 0 Å². The number of hydrogen-bond donors (Lipinski definition) is 3. The SMILES string of the molecule is C[C@H](N[C@H]1CCCNC1)c1ccc[nH]1. The van der Waals surface area contributed by atoms with Crippen molar-refractivity contribution in [1.29, 1.82) is 0 Å². The molecule has 0 aromatic carbocycles. The molecule has 3 N–H and O–H groups in total. The molecule has 0 bridgehead atoms. The first-order chi connectivity index (χ1) is 6.86. The highest BCUT2D eigenvalue weighted by atomic mass is 15.0. The van der Waals surface area contributed by atoms with E-state index in [9.17, 15) is 0 Å². The summed E-state index contributed by atoms with van der Waals surface area (Å²) in [6.45, 7) is 4.49. The molecule has 1 saturated heterocycles. The van der Waals surface area contributed by atoms with Crippen LogP contribution in [-0.2, 0) is 0 Å². The minimum atomic E-state index is 0.426. The van der Waals surface area contributed by atoms with Crippen LogP contribution in [0.5, 0.6) is 0 Å². The molecule has 0 unspecified atom stereocenters. The zero-order chi connectivity index (χ0) is 9.80. The van der Waals surface area contributed by atoms with Crippen molar-refractivity contribution < 1.29 is 0 Å². The first kappa shape index (κ1) is 9.74. The molecule has 3 nitrogen and oxygen atoms in total. The fourth-order valence-electron chi connectivity index (χ4n) is 2.05. The van der Waals surface area contributed by atoms with Crippen LogP contribution in [-0.4, -0.2) is 24.1 Å². The molecular weight excluding hydrogens is 174 g/mol. The molecule has 1 fully saturated rings. The second-order valence-corrected chi connectivity index (χ2v) is 4.06. The molecule has 1 aromatic heterocycles. The lowest BCUT2D eigenvalue weighted by Gasteiger charge is -2.26. The molecular formula is C11H19N3. The van der Waals surface area contributed by atoms with E-state index in [1.54, 1.807) is 0 Å². The minimum absolute atomic E-state index is 0.426. The Morgan fingerprint density at radius 2 is 2.50 bits per heavy atom. The molecule has 1 aromatic rings. The quantitative estimate of drug-likeness (QED) is 0.679. The van der Waals surface area contributed by atoms with Crippen LogP contribution in [0.25, 0.3) is 0 Å². The lowest BCUT2D eigenvalue weighted by molar-refractivity contribution is 0.360. The largest absolute Gasteiger partial charge is 0.364 e. The van der Waals surface area contributed by atoms with Gasteiger partial charge in [-0.25, -0.2) is 0 Å². The van der Waals surface area contributed by atoms with E-state index in [-0.39, 0.29) is 0 Å². The van der Waals surface area contributed by atoms with Crippen LogP contribution in [0.1, 0.15) is 31.5 Å². The minimum Gasteiger partial charge on any atom is -0.364 e. The van der Waals surface area contributed by atoms with Crippen LogP contribution in [0.2, 0.25) is 0 Å². The number of aromatic amines is 1. The molecule has 0 aliphatic carbocycles. The molecule has 0 radical (unpaired) electrons. The highest BCUT2D eigenvalue weighted by Crippen LogP contribution is 2.12. The first-order valence-corrected chi connectivity index (χ1v) is 5.46. The van der Waals surface area contributed by atoms with E-state index in [4.69, 9.17) is 0 Å². The summed E-state index contributed by atoms with van der Waals surface area (Å²) >= 11 is 0. The molecule has 3 heteroatoms. The van der Waals surface area contributed by atoms with Gasteiger partial charge >= 0.3 is 0 Å². The maximum atomic E-state index is 3.63. The molecule has 0 amide bonds. The predicted octanol–water partition coefficient (Wildman–Crippen LogP) is 1.42. The van der Waals surface area contributed by atoms with Crippen LogP contribution >= 0.6 is 0 Å². The Bertz CT molecular complexity index is 250. The third kappa shape index (κ3) is 2.36. The van der Waals surface area contributed by atoms with Gasteiger partial charge in [0.2, 0.25) is 0 Å². The Morgan fingerprint density at radius 3 is 3.14 bits per heavy atom. The molecule has 78 valence electrons. The average Bonchev–Trinajstić information content (AvgIpc) is 2.72. The second kappa shape index (κ2) is 4.62. The third-order valence-electron chi connectivity index (χ3n) is 2.87. The van der Waals surface area contributed by atoms with Crippen molar-refractivity contribution in [2.24, 2.45) is 0 Å². The fourth-order valence-corrected chi connectivity index (χ4v) is 2.05. The van der Waals surface area contributed by atoms with Crippen molar-refractivity contribution in [1.82, 2.24) is 15.6 Å². The fraction of sp³-hybridized carbons (Fsp3) is 0.636. The summed E-state index contributed by atoms with van der Waals surface area (Å²) in [6.07, 6.45) is 4.56. The molecule has 2 atom stereocenters. The van der Waals surface area contributed by atoms with Gasteiger partial charge in [-0.1, -0.05) is 0 Å². The van der Waals surface area contributed by atoms with E-state index in [1.807, 2.05) is 12.3 Å². The standard InChI is InChI=1S/C11H19N3/c1-9(11-5-3-7-13-11)14-10-4-2-6-12-8-10/h3,5,7,9-10,12-14H,2,4,6,8H2,1H3/t9-,10-/m0/s1. The summed E-state index contributed by atoms with van der Waals surface area (Å²) in [7, 11) is 0. The van der Waals surface area contributed by atoms with Gasteiger partial charge in [-0.15, -0.1) is 0 Å². The van der Waals surface area contributed by atoms with Gasteiger partial charge in [-0.05, 0) is 38.4 Å². The Balaban J connectivity index is 1.84. The summed E-state index contributed by atoms with van der Waals surface area (Å²) in [6, 6.07) is 5.23. The van der Waals surface area contributed by atoms with E-state index < -0.39 is 0 Å². The van der Waals surface area contributed by atoms with Crippen LogP contribution in [0, 0.1) is 0 Å². The summed E-state index contributed by atoms with van der Waals surface area (Å²) in [5, 5.41) is 7.04. The van der Waals surface area contributed by atoms with Crippen LogP contribution < -0.4 is 10.6 Å². The predicted molar refractivity (Wildman–Crippen MR) is 58.2 cm³/mol. The average molecular weight is 193 g/mol. The first-order valence-electron chi connectivity index (χ1n) is 5.46. The zero-order valence-corrected chi connectivity index (χ0v) is 8.72. The van der Waals surface area contributed by atoms with Crippen molar-refractivity contribution in [2.75, 3.05) is 13.1 Å². The number of H-pyrrole nitrogens is 1. The lowest BCUT2D eigenvalue weighted by Crippen LogP contribution is -2.44. The lowest BCUT2D eigenvalue weighted by atomic mass is 10.1. The Morgan fingerprint density at radius 1 is 1.57 bits per heavy atom. The molecule has 1 aliphatic rings. The third-order valence-corrected chi connectivity index (χ3v) is 2.87. The normalized spacial score (nSPS) is 24.8. The van der Waals surface area contributed by atoms with Crippen LogP contribution in [0.3, 0.4) is 0 Å². The number of piperidine rings is 1. The van der Waals surface area contributed by atoms with Crippen molar-refractivity contribution in [2.45, 2.75) is 31.8 Å². The molecule has 2 rings (SSSR count). The molecule has 0 spiro atoms. The summed E-state index contributed by atoms with van der Waals surface area (Å²) in [4.78, 5) is 3.24. The van der Waals surface area contributed by atoms with Gasteiger partial charge in [0.15, 0.2) is 0 Å². The number of hydrogen-bond acceptors (Lipinski definition) is 2. The van der Waals surface area contributed by atoms with Crippen molar-refractivity contribution in [3.05, 3.63) is 24.0 Å². The number of rotatable bonds is 3. The molecule has 14 heavy (non-hydrogen) atoms. The molecule has 2 heterocycles. The van der Waals surface area contributed by atoms with Gasteiger partial charge in [0.25, 0.3) is 0 Å². The highest BCUT2D eigenvalue weighted by Gasteiger charge is 2.15. The topological polar surface area (TPSA) is 39.8 Å². The van der Waals surface area contributed by atoms with E-state index in [0.29, 0.717) is 12.1 Å². The van der Waals surface area contributed by atoms with Crippen LogP contribution in [0.15, 0.2) is 18.3 Å². The van der Waals surface area contributed by atoms with E-state index in [0.717, 1.165) is 6.54 Å². The maximum absolute atomic E-state index is 3.63. The van der Waals surface area contributed by atoms with Gasteiger partial charge in [0, 0.05) is 30.5 Å². The monoisotopic (exact) mass is 193 g/mol. The van der Waals surface area contributed by atoms with Crippen LogP contribution in [0.4, 0.5) is 0 Å². The zero-order valence-electron chi connectivity index (χ0n) is 8.72. The highest BCUT2D eigenvalue weighted by molar-refractivity contribution is 5.08. The van der Waals surface area contributed by atoms with Gasteiger partial charge in [0.1, 0.15) is 0 Å². The molecule has 0 saturated carbocycles. The van der Waals surface area contributed by atoms with E-state index in [1.165, 1.54) is 25.1 Å². The second-order valence-electron chi connectivity index (χ2n) is 4.06. The van der Waals surface area contributed by atoms with E-state index >= 15 is 0 Å². The summed E-state index contributed by atoms with van der Waals surface area (Å²) in [5.74, 6) is 0. The smallest absolute Gasteiger partial charge is 0.0446 e. The molecule has 1 aliphatic heterocycles. The summed E-state index contributed by atoms with van der Waals surface area (Å²) < 4.78 is 0. The van der Waals surface area contributed by atoms with Gasteiger partial charge in [-0.2, -0.15) is 0 Å². The van der Waals surface area contributed by atoms with Crippen molar-refractivity contribution >= 4 is 0 Å². The van der Waals surface area contributed by atoms with Crippen molar-refractivity contribution in [3.8, 4) is 0 Å². The summed E-state index contributed by atoms with van der Waals surface area (Å²) in [5.41, 5.74) is 1.27. The van der Waals surface area contributed by atoms with Gasteiger partial charge in [-0.3, -0.25) is 0 Å². The Kier molecular flexibility index (Phi) is 3.22. The van der Waals surface area contributed by atoms with Crippen molar-refractivity contribution in [3.63, 3.8) is 0 Å².